The Hall–Kier alpha value is -0.420. The zero-order chi connectivity index (χ0) is 13.8. The molecule has 0 radical (unpaired) electrons. The van der Waals surface area contributed by atoms with E-state index in [-0.39, 0.29) is 11.3 Å². The van der Waals surface area contributed by atoms with E-state index in [9.17, 15) is 4.79 Å². The molecule has 3 atom stereocenters. The van der Waals surface area contributed by atoms with E-state index in [1.54, 1.807) is 5.51 Å². The minimum Gasteiger partial charge on any atom is -0.348 e. The highest BCUT2D eigenvalue weighted by atomic mass is 79.9. The summed E-state index contributed by atoms with van der Waals surface area (Å²) in [6, 6.07) is 0.294. The second kappa shape index (κ2) is 4.29. The number of nitrogens with zero attached hydrogens (tertiary/aromatic N) is 1. The lowest BCUT2D eigenvalue weighted by Crippen LogP contribution is -2.46. The third-order valence-corrected chi connectivity index (χ3v) is 7.52. The van der Waals surface area contributed by atoms with Crippen LogP contribution < -0.4 is 5.32 Å². The largest absolute Gasteiger partial charge is 0.348 e. The van der Waals surface area contributed by atoms with Crippen molar-refractivity contribution < 1.29 is 4.79 Å². The van der Waals surface area contributed by atoms with E-state index in [0.29, 0.717) is 20.9 Å². The summed E-state index contributed by atoms with van der Waals surface area (Å²) >= 11 is 4.72. The lowest BCUT2D eigenvalue weighted by atomic mass is 9.69. The molecule has 1 heterocycles. The van der Waals surface area contributed by atoms with Crippen molar-refractivity contribution in [2.45, 2.75) is 46.1 Å². The first kappa shape index (κ1) is 13.6. The summed E-state index contributed by atoms with van der Waals surface area (Å²) in [7, 11) is 0. The van der Waals surface area contributed by atoms with Crippen molar-refractivity contribution in [2.24, 2.45) is 16.7 Å². The maximum atomic E-state index is 12.3. The van der Waals surface area contributed by atoms with Gasteiger partial charge in [-0.3, -0.25) is 4.79 Å². The van der Waals surface area contributed by atoms with Gasteiger partial charge < -0.3 is 5.32 Å². The second-order valence-electron chi connectivity index (χ2n) is 6.61. The van der Waals surface area contributed by atoms with Crippen LogP contribution in [0.5, 0.6) is 0 Å². The van der Waals surface area contributed by atoms with Crippen molar-refractivity contribution in [2.75, 3.05) is 0 Å². The average molecular weight is 343 g/mol. The molecule has 1 aromatic rings. The molecule has 1 N–H and O–H groups in total. The highest BCUT2D eigenvalue weighted by Gasteiger charge is 2.61. The maximum Gasteiger partial charge on any atom is 0.264 e. The number of nitrogens with one attached hydrogen (secondary N) is 1. The van der Waals surface area contributed by atoms with Gasteiger partial charge in [0, 0.05) is 6.04 Å². The SMILES string of the molecule is CC1(C)C2CCC1(C)C(NC(=O)c1scnc1Br)C2. The van der Waals surface area contributed by atoms with Crippen LogP contribution in [-0.2, 0) is 0 Å². The van der Waals surface area contributed by atoms with E-state index in [1.807, 2.05) is 0 Å². The summed E-state index contributed by atoms with van der Waals surface area (Å²) < 4.78 is 0.655. The number of halogens is 1. The number of aromatic nitrogens is 1. The predicted octanol–water partition coefficient (Wildman–Crippen LogP) is 3.85. The maximum absolute atomic E-state index is 12.3. The molecule has 2 saturated carbocycles. The smallest absolute Gasteiger partial charge is 0.264 e. The van der Waals surface area contributed by atoms with Crippen LogP contribution in [0.2, 0.25) is 0 Å². The molecule has 19 heavy (non-hydrogen) atoms. The lowest BCUT2D eigenvalue weighted by Gasteiger charge is -2.39. The molecule has 104 valence electrons. The molecule has 3 rings (SSSR count). The first-order valence-electron chi connectivity index (χ1n) is 6.76. The van der Waals surface area contributed by atoms with E-state index in [0.717, 1.165) is 12.3 Å². The number of fused-ring (bicyclic) bond motifs is 2. The Morgan fingerprint density at radius 1 is 1.53 bits per heavy atom. The topological polar surface area (TPSA) is 42.0 Å². The minimum absolute atomic E-state index is 0.0175. The second-order valence-corrected chi connectivity index (χ2v) is 8.21. The molecule has 3 unspecified atom stereocenters. The van der Waals surface area contributed by atoms with Crippen LogP contribution in [0.15, 0.2) is 10.1 Å². The fraction of sp³-hybridized carbons (Fsp3) is 0.714. The molecule has 0 spiro atoms. The number of rotatable bonds is 2. The molecule has 0 aliphatic heterocycles. The molecular formula is C14H19BrN2OS. The summed E-state index contributed by atoms with van der Waals surface area (Å²) in [5.41, 5.74) is 2.26. The predicted molar refractivity (Wildman–Crippen MR) is 80.3 cm³/mol. The third-order valence-electron chi connectivity index (χ3n) is 5.83. The molecule has 5 heteroatoms. The molecular weight excluding hydrogens is 324 g/mol. The van der Waals surface area contributed by atoms with E-state index in [2.05, 4.69) is 47.0 Å². The van der Waals surface area contributed by atoms with Crippen molar-refractivity contribution in [3.63, 3.8) is 0 Å². The molecule has 1 aromatic heterocycles. The van der Waals surface area contributed by atoms with Crippen LogP contribution in [0.1, 0.15) is 49.7 Å². The Morgan fingerprint density at radius 3 is 2.74 bits per heavy atom. The van der Waals surface area contributed by atoms with Crippen LogP contribution in [0, 0.1) is 16.7 Å². The van der Waals surface area contributed by atoms with Gasteiger partial charge in [-0.25, -0.2) is 4.98 Å². The number of hydrogen-bond acceptors (Lipinski definition) is 3. The van der Waals surface area contributed by atoms with Gasteiger partial charge in [0.2, 0.25) is 0 Å². The summed E-state index contributed by atoms with van der Waals surface area (Å²) in [5.74, 6) is 0.761. The molecule has 2 aliphatic carbocycles. The van der Waals surface area contributed by atoms with E-state index < -0.39 is 0 Å². The molecule has 2 bridgehead atoms. The zero-order valence-corrected chi connectivity index (χ0v) is 13.9. The number of thiazole rings is 1. The standard InChI is InChI=1S/C14H19BrN2OS/c1-13(2)8-4-5-14(13,3)9(6-8)17-12(18)10-11(15)16-7-19-10/h7-9H,4-6H2,1-3H3,(H,17,18). The average Bonchev–Trinajstić information content (AvgIpc) is 2.90. The Labute approximate surface area is 126 Å². The Morgan fingerprint density at radius 2 is 2.26 bits per heavy atom. The highest BCUT2D eigenvalue weighted by Crippen LogP contribution is 2.65. The first-order chi connectivity index (χ1) is 8.86. The Bertz CT molecular complexity index is 527. The quantitative estimate of drug-likeness (QED) is 0.886. The van der Waals surface area contributed by atoms with E-state index >= 15 is 0 Å². The van der Waals surface area contributed by atoms with Gasteiger partial charge in [0.15, 0.2) is 0 Å². The number of carbonyl (C=O) groups is 1. The molecule has 1 amide bonds. The highest BCUT2D eigenvalue weighted by molar-refractivity contribution is 9.10. The Kier molecular flexibility index (Phi) is 3.06. The van der Waals surface area contributed by atoms with Gasteiger partial charge >= 0.3 is 0 Å². The number of carbonyl (C=O) groups excluding carboxylic acids is 1. The lowest BCUT2D eigenvalue weighted by molar-refractivity contribution is 0.0829. The van der Waals surface area contributed by atoms with Gasteiger partial charge in [0.1, 0.15) is 9.48 Å². The zero-order valence-electron chi connectivity index (χ0n) is 11.5. The summed E-state index contributed by atoms with van der Waals surface area (Å²) in [4.78, 5) is 17.1. The first-order valence-corrected chi connectivity index (χ1v) is 8.43. The fourth-order valence-electron chi connectivity index (χ4n) is 4.03. The molecule has 2 aliphatic rings. The summed E-state index contributed by atoms with van der Waals surface area (Å²) in [6.07, 6.45) is 3.64. The van der Waals surface area contributed by atoms with Gasteiger partial charge in [-0.1, -0.05) is 20.8 Å². The van der Waals surface area contributed by atoms with Crippen molar-refractivity contribution in [3.8, 4) is 0 Å². The van der Waals surface area contributed by atoms with Crippen LogP contribution in [0.3, 0.4) is 0 Å². The van der Waals surface area contributed by atoms with Crippen LogP contribution in [0.25, 0.3) is 0 Å². The number of amides is 1. The summed E-state index contributed by atoms with van der Waals surface area (Å²) in [5, 5.41) is 3.25. The van der Waals surface area contributed by atoms with Crippen molar-refractivity contribution in [1.29, 1.82) is 0 Å². The van der Waals surface area contributed by atoms with Gasteiger partial charge in [0.05, 0.1) is 5.51 Å². The van der Waals surface area contributed by atoms with Gasteiger partial charge in [-0.15, -0.1) is 11.3 Å². The van der Waals surface area contributed by atoms with Crippen molar-refractivity contribution in [3.05, 3.63) is 15.0 Å². The Balaban J connectivity index is 1.79. The molecule has 0 aromatic carbocycles. The van der Waals surface area contributed by atoms with Gasteiger partial charge in [-0.05, 0) is 51.9 Å². The van der Waals surface area contributed by atoms with Crippen molar-refractivity contribution in [1.82, 2.24) is 10.3 Å². The van der Waals surface area contributed by atoms with Crippen LogP contribution >= 0.6 is 27.3 Å². The van der Waals surface area contributed by atoms with E-state index in [1.165, 1.54) is 24.2 Å². The normalized spacial score (nSPS) is 35.6. The van der Waals surface area contributed by atoms with Crippen molar-refractivity contribution >= 4 is 33.2 Å². The number of hydrogen-bond donors (Lipinski definition) is 1. The molecule has 3 nitrogen and oxygen atoms in total. The van der Waals surface area contributed by atoms with Crippen LogP contribution in [0.4, 0.5) is 0 Å². The molecule has 0 saturated heterocycles. The van der Waals surface area contributed by atoms with E-state index in [4.69, 9.17) is 0 Å². The molecule has 2 fully saturated rings. The third kappa shape index (κ3) is 1.81. The van der Waals surface area contributed by atoms with Gasteiger partial charge in [-0.2, -0.15) is 0 Å². The monoisotopic (exact) mass is 342 g/mol. The minimum atomic E-state index is 0.0175. The van der Waals surface area contributed by atoms with Gasteiger partial charge in [0.25, 0.3) is 5.91 Å². The van der Waals surface area contributed by atoms with Crippen LogP contribution in [-0.4, -0.2) is 16.9 Å². The summed E-state index contributed by atoms with van der Waals surface area (Å²) in [6.45, 7) is 7.06. The fourth-order valence-corrected chi connectivity index (χ4v) is 5.30.